The Morgan fingerprint density at radius 3 is 2.89 bits per heavy atom. The number of nitrogens with one attached hydrogen (secondary N) is 1. The van der Waals surface area contributed by atoms with Crippen LogP contribution in [0.15, 0.2) is 42.0 Å². The molecular formula is C15H15N3. The zero-order valence-corrected chi connectivity index (χ0v) is 10.6. The van der Waals surface area contributed by atoms with Gasteiger partial charge in [0, 0.05) is 11.9 Å². The molecule has 0 saturated carbocycles. The van der Waals surface area contributed by atoms with Crippen molar-refractivity contribution in [3.8, 4) is 6.07 Å². The van der Waals surface area contributed by atoms with Crippen molar-refractivity contribution < 1.29 is 0 Å². The number of hydrogen-bond donors (Lipinski definition) is 1. The van der Waals surface area contributed by atoms with Crippen LogP contribution >= 0.6 is 0 Å². The molecule has 0 unspecified atom stereocenters. The Morgan fingerprint density at radius 2 is 2.17 bits per heavy atom. The molecular weight excluding hydrogens is 222 g/mol. The molecule has 2 rings (SSSR count). The van der Waals surface area contributed by atoms with Crippen LogP contribution in [0.25, 0.3) is 10.9 Å². The third kappa shape index (κ3) is 2.67. The number of rotatable bonds is 3. The van der Waals surface area contributed by atoms with Crippen molar-refractivity contribution in [1.82, 2.24) is 4.98 Å². The molecule has 0 saturated heterocycles. The Bertz CT molecular complexity index is 632. The highest BCUT2D eigenvalue weighted by Crippen LogP contribution is 2.19. The normalized spacial score (nSPS) is 9.83. The lowest BCUT2D eigenvalue weighted by Gasteiger charge is -2.06. The van der Waals surface area contributed by atoms with Crippen LogP contribution in [-0.4, -0.2) is 11.5 Å². The first kappa shape index (κ1) is 12.1. The molecule has 3 nitrogen and oxygen atoms in total. The standard InChI is InChI=1S/C15H15N3/c1-11(2)7-8-17-15-9-12(10-16)13-5-3-4-6-14(13)18-15/h3-7,9H,8H2,1-2H3,(H,17,18). The second-order valence-electron chi connectivity index (χ2n) is 4.35. The number of para-hydroxylation sites is 1. The van der Waals surface area contributed by atoms with E-state index < -0.39 is 0 Å². The lowest BCUT2D eigenvalue weighted by Crippen LogP contribution is -2.02. The van der Waals surface area contributed by atoms with Crippen molar-refractivity contribution in [3.05, 3.63) is 47.5 Å². The minimum Gasteiger partial charge on any atom is -0.367 e. The number of allylic oxidation sites excluding steroid dienone is 1. The van der Waals surface area contributed by atoms with E-state index in [1.165, 1.54) is 5.57 Å². The summed E-state index contributed by atoms with van der Waals surface area (Å²) in [5.74, 6) is 0.739. The maximum atomic E-state index is 9.16. The summed E-state index contributed by atoms with van der Waals surface area (Å²) in [5.41, 5.74) is 2.75. The molecule has 2 aromatic rings. The summed E-state index contributed by atoms with van der Waals surface area (Å²) in [7, 11) is 0. The van der Waals surface area contributed by atoms with Crippen LogP contribution in [0.5, 0.6) is 0 Å². The SMILES string of the molecule is CC(C)=CCNc1cc(C#N)c2ccccc2n1. The van der Waals surface area contributed by atoms with Crippen molar-refractivity contribution in [2.45, 2.75) is 13.8 Å². The van der Waals surface area contributed by atoms with Crippen LogP contribution in [0.3, 0.4) is 0 Å². The van der Waals surface area contributed by atoms with E-state index in [-0.39, 0.29) is 0 Å². The molecule has 0 radical (unpaired) electrons. The van der Waals surface area contributed by atoms with E-state index in [1.807, 2.05) is 24.3 Å². The second-order valence-corrected chi connectivity index (χ2v) is 4.35. The summed E-state index contributed by atoms with van der Waals surface area (Å²) in [6, 6.07) is 11.7. The zero-order valence-electron chi connectivity index (χ0n) is 10.6. The average Bonchev–Trinajstić information content (AvgIpc) is 2.37. The lowest BCUT2D eigenvalue weighted by molar-refractivity contribution is 1.22. The smallest absolute Gasteiger partial charge is 0.128 e. The van der Waals surface area contributed by atoms with Crippen LogP contribution in [0.2, 0.25) is 0 Å². The summed E-state index contributed by atoms with van der Waals surface area (Å²) < 4.78 is 0. The van der Waals surface area contributed by atoms with Gasteiger partial charge < -0.3 is 5.32 Å². The van der Waals surface area contributed by atoms with E-state index in [4.69, 9.17) is 5.26 Å². The lowest BCUT2D eigenvalue weighted by atomic mass is 10.1. The van der Waals surface area contributed by atoms with E-state index in [1.54, 1.807) is 6.07 Å². The Morgan fingerprint density at radius 1 is 1.39 bits per heavy atom. The van der Waals surface area contributed by atoms with E-state index in [0.717, 1.165) is 23.3 Å². The molecule has 0 aliphatic rings. The average molecular weight is 237 g/mol. The highest BCUT2D eigenvalue weighted by atomic mass is 15.0. The van der Waals surface area contributed by atoms with Crippen LogP contribution in [0, 0.1) is 11.3 Å². The van der Waals surface area contributed by atoms with Gasteiger partial charge in [0.15, 0.2) is 0 Å². The first-order valence-corrected chi connectivity index (χ1v) is 5.88. The maximum Gasteiger partial charge on any atom is 0.128 e. The number of nitriles is 1. The van der Waals surface area contributed by atoms with E-state index in [9.17, 15) is 0 Å². The van der Waals surface area contributed by atoms with Gasteiger partial charge in [-0.3, -0.25) is 0 Å². The monoisotopic (exact) mass is 237 g/mol. The molecule has 0 amide bonds. The maximum absolute atomic E-state index is 9.16. The topological polar surface area (TPSA) is 48.7 Å². The van der Waals surface area contributed by atoms with Gasteiger partial charge in [-0.05, 0) is 26.0 Å². The fraction of sp³-hybridized carbons (Fsp3) is 0.200. The largest absolute Gasteiger partial charge is 0.367 e. The first-order valence-electron chi connectivity index (χ1n) is 5.88. The first-order chi connectivity index (χ1) is 8.70. The van der Waals surface area contributed by atoms with Gasteiger partial charge in [-0.1, -0.05) is 29.8 Å². The van der Waals surface area contributed by atoms with Gasteiger partial charge in [0.05, 0.1) is 17.1 Å². The molecule has 1 aromatic heterocycles. The molecule has 0 atom stereocenters. The third-order valence-corrected chi connectivity index (χ3v) is 2.63. The van der Waals surface area contributed by atoms with Gasteiger partial charge in [0.25, 0.3) is 0 Å². The Balaban J connectivity index is 2.36. The highest BCUT2D eigenvalue weighted by Gasteiger charge is 2.03. The summed E-state index contributed by atoms with van der Waals surface area (Å²) in [6.45, 7) is 4.82. The molecule has 0 fully saturated rings. The Hall–Kier alpha value is -2.34. The minimum atomic E-state index is 0.653. The van der Waals surface area contributed by atoms with Gasteiger partial charge in [-0.2, -0.15) is 5.26 Å². The predicted octanol–water partition coefficient (Wildman–Crippen LogP) is 3.48. The summed E-state index contributed by atoms with van der Waals surface area (Å²) in [5, 5.41) is 13.3. The fourth-order valence-electron chi connectivity index (χ4n) is 1.72. The van der Waals surface area contributed by atoms with Gasteiger partial charge in [0.1, 0.15) is 5.82 Å². The highest BCUT2D eigenvalue weighted by molar-refractivity contribution is 5.86. The van der Waals surface area contributed by atoms with Gasteiger partial charge in [0.2, 0.25) is 0 Å². The number of hydrogen-bond acceptors (Lipinski definition) is 3. The van der Waals surface area contributed by atoms with Crippen molar-refractivity contribution in [2.75, 3.05) is 11.9 Å². The number of benzene rings is 1. The third-order valence-electron chi connectivity index (χ3n) is 2.63. The van der Waals surface area contributed by atoms with Crippen molar-refractivity contribution >= 4 is 16.7 Å². The fourth-order valence-corrected chi connectivity index (χ4v) is 1.72. The molecule has 18 heavy (non-hydrogen) atoms. The van der Waals surface area contributed by atoms with E-state index >= 15 is 0 Å². The summed E-state index contributed by atoms with van der Waals surface area (Å²) >= 11 is 0. The minimum absolute atomic E-state index is 0.653. The Labute approximate surface area is 107 Å². The molecule has 0 aliphatic heterocycles. The van der Waals surface area contributed by atoms with Crippen molar-refractivity contribution in [1.29, 1.82) is 5.26 Å². The van der Waals surface area contributed by atoms with Gasteiger partial charge >= 0.3 is 0 Å². The zero-order chi connectivity index (χ0) is 13.0. The number of anilines is 1. The van der Waals surface area contributed by atoms with Crippen molar-refractivity contribution in [3.63, 3.8) is 0 Å². The van der Waals surface area contributed by atoms with E-state index in [2.05, 4.69) is 36.3 Å². The molecule has 1 N–H and O–H groups in total. The van der Waals surface area contributed by atoms with Crippen LogP contribution in [0.1, 0.15) is 19.4 Å². The van der Waals surface area contributed by atoms with Crippen LogP contribution in [0.4, 0.5) is 5.82 Å². The predicted molar refractivity (Wildman–Crippen MR) is 74.4 cm³/mol. The molecule has 90 valence electrons. The molecule has 3 heteroatoms. The van der Waals surface area contributed by atoms with Crippen LogP contribution in [-0.2, 0) is 0 Å². The number of fused-ring (bicyclic) bond motifs is 1. The van der Waals surface area contributed by atoms with Gasteiger partial charge in [-0.15, -0.1) is 0 Å². The number of aromatic nitrogens is 1. The summed E-state index contributed by atoms with van der Waals surface area (Å²) in [6.07, 6.45) is 2.09. The molecule has 0 bridgehead atoms. The molecule has 1 heterocycles. The molecule has 0 spiro atoms. The molecule has 0 aliphatic carbocycles. The van der Waals surface area contributed by atoms with E-state index in [0.29, 0.717) is 5.56 Å². The quantitative estimate of drug-likeness (QED) is 0.831. The van der Waals surface area contributed by atoms with Crippen LogP contribution < -0.4 is 5.32 Å². The number of pyridine rings is 1. The molecule has 1 aromatic carbocycles. The second kappa shape index (κ2) is 5.33. The summed E-state index contributed by atoms with van der Waals surface area (Å²) in [4.78, 5) is 4.49. The number of nitrogens with zero attached hydrogens (tertiary/aromatic N) is 2. The Kier molecular flexibility index (Phi) is 3.59. The van der Waals surface area contributed by atoms with Gasteiger partial charge in [-0.25, -0.2) is 4.98 Å². The van der Waals surface area contributed by atoms with Crippen molar-refractivity contribution in [2.24, 2.45) is 0 Å².